The van der Waals surface area contributed by atoms with Crippen molar-refractivity contribution in [2.45, 2.75) is 41.4 Å². The summed E-state index contributed by atoms with van der Waals surface area (Å²) in [6.07, 6.45) is -4.73. The minimum absolute atomic E-state index is 0.234. The van der Waals surface area contributed by atoms with Crippen molar-refractivity contribution < 1.29 is 25.2 Å². The van der Waals surface area contributed by atoms with Crippen LogP contribution in [0.25, 0.3) is 27.0 Å². The predicted octanol–water partition coefficient (Wildman–Crippen LogP) is 1.91. The maximum atomic E-state index is 14.0. The molecule has 35 heavy (non-hydrogen) atoms. The minimum atomic E-state index is -1.51. The summed E-state index contributed by atoms with van der Waals surface area (Å²) in [5.74, 6) is 0. The maximum absolute atomic E-state index is 14.0. The lowest BCUT2D eigenvalue weighted by molar-refractivity contribution is -0.205. The Bertz CT molecular complexity index is 1470. The fourth-order valence-corrected chi connectivity index (χ4v) is 7.13. The standard InChI is InChI=1S/C25H22N2O6S2/c28-11-15-19(29)20(30)21(31)24(33-15)35-25-26-22-18(23(32)27(25)13-7-2-1-3-8-13)17-14-9-5-4-6-12(14)10-16(17)34-22/h1-9,15,19-21,24,28-31H,10-11H2/t15-,19-,20+,21-,24+/m1/s1. The Labute approximate surface area is 208 Å². The first-order chi connectivity index (χ1) is 17.0. The lowest BCUT2D eigenvalue weighted by atomic mass is 10.0. The van der Waals surface area contributed by atoms with E-state index in [1.807, 2.05) is 36.4 Å². The number of rotatable bonds is 4. The van der Waals surface area contributed by atoms with Crippen molar-refractivity contribution in [3.63, 3.8) is 0 Å². The van der Waals surface area contributed by atoms with Crippen LogP contribution in [0.2, 0.25) is 0 Å². The van der Waals surface area contributed by atoms with Crippen LogP contribution < -0.4 is 5.56 Å². The monoisotopic (exact) mass is 510 g/mol. The van der Waals surface area contributed by atoms with Crippen LogP contribution in [0.4, 0.5) is 0 Å². The third kappa shape index (κ3) is 3.64. The molecular weight excluding hydrogens is 488 g/mol. The van der Waals surface area contributed by atoms with Crippen molar-refractivity contribution in [3.05, 3.63) is 75.4 Å². The summed E-state index contributed by atoms with van der Waals surface area (Å²) < 4.78 is 7.17. The van der Waals surface area contributed by atoms with Crippen molar-refractivity contribution in [3.8, 4) is 16.8 Å². The molecule has 1 aliphatic carbocycles. The van der Waals surface area contributed by atoms with Crippen LogP contribution in [0.5, 0.6) is 0 Å². The van der Waals surface area contributed by atoms with Crippen LogP contribution in [-0.4, -0.2) is 66.4 Å². The molecule has 3 heterocycles. The number of ether oxygens (including phenoxy) is 1. The Morgan fingerprint density at radius 3 is 2.54 bits per heavy atom. The first-order valence-electron chi connectivity index (χ1n) is 11.2. The first-order valence-corrected chi connectivity index (χ1v) is 12.9. The van der Waals surface area contributed by atoms with Crippen molar-refractivity contribution in [1.29, 1.82) is 0 Å². The highest BCUT2D eigenvalue weighted by atomic mass is 32.2. The molecule has 2 aromatic heterocycles. The zero-order chi connectivity index (χ0) is 24.3. The second-order valence-electron chi connectivity index (χ2n) is 8.60. The van der Waals surface area contributed by atoms with E-state index in [-0.39, 0.29) is 10.7 Å². The van der Waals surface area contributed by atoms with Crippen LogP contribution in [0.1, 0.15) is 10.4 Å². The van der Waals surface area contributed by atoms with Gasteiger partial charge in [0.15, 0.2) is 5.16 Å². The highest BCUT2D eigenvalue weighted by molar-refractivity contribution is 7.99. The molecule has 1 saturated heterocycles. The van der Waals surface area contributed by atoms with Crippen LogP contribution in [-0.2, 0) is 11.2 Å². The Morgan fingerprint density at radius 1 is 1.03 bits per heavy atom. The molecule has 2 aromatic carbocycles. The van der Waals surface area contributed by atoms with Crippen molar-refractivity contribution in [1.82, 2.24) is 9.55 Å². The molecule has 4 aromatic rings. The molecule has 1 fully saturated rings. The number of aliphatic hydroxyl groups excluding tert-OH is 4. The van der Waals surface area contributed by atoms with Gasteiger partial charge < -0.3 is 25.2 Å². The quantitative estimate of drug-likeness (QED) is 0.270. The molecule has 5 atom stereocenters. The van der Waals surface area contributed by atoms with E-state index in [1.54, 1.807) is 12.1 Å². The molecule has 0 amide bonds. The van der Waals surface area contributed by atoms with E-state index < -0.39 is 36.5 Å². The van der Waals surface area contributed by atoms with Gasteiger partial charge in [0, 0.05) is 16.9 Å². The second-order valence-corrected chi connectivity index (χ2v) is 10.7. The fraction of sp³-hybridized carbons (Fsp3) is 0.280. The number of hydrogen-bond donors (Lipinski definition) is 4. The molecule has 8 nitrogen and oxygen atoms in total. The normalized spacial score (nSPS) is 25.5. The van der Waals surface area contributed by atoms with Gasteiger partial charge >= 0.3 is 0 Å². The molecule has 2 aliphatic rings. The number of thiophene rings is 1. The van der Waals surface area contributed by atoms with E-state index in [0.29, 0.717) is 15.9 Å². The molecule has 10 heteroatoms. The van der Waals surface area contributed by atoms with Gasteiger partial charge in [0.05, 0.1) is 17.7 Å². The van der Waals surface area contributed by atoms with Gasteiger partial charge in [-0.3, -0.25) is 9.36 Å². The van der Waals surface area contributed by atoms with E-state index in [1.165, 1.54) is 21.5 Å². The van der Waals surface area contributed by atoms with Crippen LogP contribution in [0.15, 0.2) is 64.5 Å². The lowest BCUT2D eigenvalue weighted by Crippen LogP contribution is -2.57. The summed E-state index contributed by atoms with van der Waals surface area (Å²) in [6.45, 7) is -0.531. The molecule has 4 N–H and O–H groups in total. The van der Waals surface area contributed by atoms with Gasteiger partial charge in [-0.15, -0.1) is 11.3 Å². The third-order valence-corrected chi connectivity index (χ3v) is 8.68. The Balaban J connectivity index is 1.52. The van der Waals surface area contributed by atoms with Gasteiger partial charge in [0.1, 0.15) is 34.7 Å². The second kappa shape index (κ2) is 8.82. The summed E-state index contributed by atoms with van der Waals surface area (Å²) in [4.78, 5) is 20.5. The molecular formula is C25H22N2O6S2. The number of thioether (sulfide) groups is 1. The number of hydrogen-bond acceptors (Lipinski definition) is 9. The van der Waals surface area contributed by atoms with Gasteiger partial charge in [0.25, 0.3) is 5.56 Å². The smallest absolute Gasteiger partial charge is 0.268 e. The fourth-order valence-electron chi connectivity index (χ4n) is 4.73. The molecule has 0 radical (unpaired) electrons. The molecule has 0 saturated carbocycles. The topological polar surface area (TPSA) is 125 Å². The van der Waals surface area contributed by atoms with E-state index in [2.05, 4.69) is 6.07 Å². The highest BCUT2D eigenvalue weighted by Gasteiger charge is 2.44. The van der Waals surface area contributed by atoms with Gasteiger partial charge in [-0.2, -0.15) is 0 Å². The summed E-state index contributed by atoms with van der Waals surface area (Å²) in [7, 11) is 0. The molecule has 6 rings (SSSR count). The van der Waals surface area contributed by atoms with E-state index in [4.69, 9.17) is 9.72 Å². The Kier molecular flexibility index (Phi) is 5.76. The lowest BCUT2D eigenvalue weighted by Gasteiger charge is -2.39. The predicted molar refractivity (Wildman–Crippen MR) is 133 cm³/mol. The van der Waals surface area contributed by atoms with Gasteiger partial charge in [-0.1, -0.05) is 54.2 Å². The number of para-hydroxylation sites is 1. The van der Waals surface area contributed by atoms with Crippen molar-refractivity contribution in [2.24, 2.45) is 0 Å². The van der Waals surface area contributed by atoms with Crippen LogP contribution >= 0.6 is 23.1 Å². The number of fused-ring (bicyclic) bond motifs is 5. The molecule has 0 spiro atoms. The van der Waals surface area contributed by atoms with Gasteiger partial charge in [0.2, 0.25) is 0 Å². The summed E-state index contributed by atoms with van der Waals surface area (Å²) >= 11 is 2.45. The number of aliphatic hydroxyl groups is 4. The zero-order valence-electron chi connectivity index (χ0n) is 18.3. The highest BCUT2D eigenvalue weighted by Crippen LogP contribution is 2.45. The Morgan fingerprint density at radius 2 is 1.77 bits per heavy atom. The van der Waals surface area contributed by atoms with Crippen molar-refractivity contribution in [2.75, 3.05) is 6.61 Å². The van der Waals surface area contributed by atoms with Gasteiger partial charge in [-0.05, 0) is 23.3 Å². The van der Waals surface area contributed by atoms with Crippen LogP contribution in [0, 0.1) is 0 Å². The summed E-state index contributed by atoms with van der Waals surface area (Å²) in [5.41, 5.74) is 2.46. The summed E-state index contributed by atoms with van der Waals surface area (Å²) in [5, 5.41) is 41.3. The Hall–Kier alpha value is -2.57. The largest absolute Gasteiger partial charge is 0.394 e. The van der Waals surface area contributed by atoms with E-state index in [9.17, 15) is 25.2 Å². The minimum Gasteiger partial charge on any atom is -0.394 e. The molecule has 0 bridgehead atoms. The SMILES string of the molecule is O=c1c2c3c(sc2nc(S[C@@H]2O[C@H](CO)[C@@H](O)[C@H](O)[C@H]2O)n1-c1ccccc1)Cc1ccccc1-3. The zero-order valence-corrected chi connectivity index (χ0v) is 19.9. The molecule has 180 valence electrons. The number of aromatic nitrogens is 2. The maximum Gasteiger partial charge on any atom is 0.268 e. The van der Waals surface area contributed by atoms with E-state index in [0.717, 1.165) is 34.2 Å². The molecule has 0 unspecified atom stereocenters. The van der Waals surface area contributed by atoms with Crippen LogP contribution in [0.3, 0.4) is 0 Å². The number of nitrogens with zero attached hydrogens (tertiary/aromatic N) is 2. The first kappa shape index (κ1) is 22.9. The van der Waals surface area contributed by atoms with Crippen molar-refractivity contribution >= 4 is 33.3 Å². The molecule has 1 aliphatic heterocycles. The third-order valence-electron chi connectivity index (χ3n) is 6.49. The summed E-state index contributed by atoms with van der Waals surface area (Å²) in [6, 6.07) is 17.1. The van der Waals surface area contributed by atoms with Gasteiger partial charge in [-0.25, -0.2) is 4.98 Å². The number of benzene rings is 2. The average Bonchev–Trinajstić information content (AvgIpc) is 3.40. The average molecular weight is 511 g/mol. The van der Waals surface area contributed by atoms with E-state index >= 15 is 0 Å².